The Bertz CT molecular complexity index is 378. The van der Waals surface area contributed by atoms with Gasteiger partial charge in [0.2, 0.25) is 0 Å². The second-order valence-corrected chi connectivity index (χ2v) is 4.96. The van der Waals surface area contributed by atoms with E-state index in [1.54, 1.807) is 0 Å². The van der Waals surface area contributed by atoms with Gasteiger partial charge in [-0.25, -0.2) is 0 Å². The maximum absolute atomic E-state index is 3.52. The van der Waals surface area contributed by atoms with Crippen LogP contribution in [0.1, 0.15) is 45.1 Å². The summed E-state index contributed by atoms with van der Waals surface area (Å²) in [5.74, 6) is 0.776. The molecule has 0 radical (unpaired) electrons. The summed E-state index contributed by atoms with van der Waals surface area (Å²) in [6.45, 7) is 6.11. The van der Waals surface area contributed by atoms with Crippen molar-refractivity contribution in [3.63, 3.8) is 0 Å². The topological polar surface area (TPSA) is 12.0 Å². The van der Waals surface area contributed by atoms with Gasteiger partial charge in [-0.1, -0.05) is 68.5 Å². The number of rotatable bonds is 6. The monoisotopic (exact) mass is 271 g/mol. The zero-order valence-electron chi connectivity index (χ0n) is 13.0. The van der Waals surface area contributed by atoms with Crippen molar-refractivity contribution in [3.05, 3.63) is 60.2 Å². The van der Waals surface area contributed by atoms with Crippen molar-refractivity contribution in [1.29, 1.82) is 0 Å². The van der Waals surface area contributed by atoms with Crippen LogP contribution >= 0.6 is 0 Å². The fourth-order valence-electron chi connectivity index (χ4n) is 2.36. The second kappa shape index (κ2) is 11.5. The number of benzene rings is 1. The third-order valence-electron chi connectivity index (χ3n) is 3.44. The van der Waals surface area contributed by atoms with Gasteiger partial charge >= 0.3 is 0 Å². The summed E-state index contributed by atoms with van der Waals surface area (Å²) in [4.78, 5) is 0. The molecule has 0 saturated carbocycles. The van der Waals surface area contributed by atoms with Gasteiger partial charge in [0.15, 0.2) is 0 Å². The molecular weight excluding hydrogens is 242 g/mol. The minimum atomic E-state index is 0.776. The molecule has 0 amide bonds. The first kappa shape index (κ1) is 16.7. The number of hydrogen-bond acceptors (Lipinski definition) is 1. The van der Waals surface area contributed by atoms with Crippen LogP contribution in [0.5, 0.6) is 0 Å². The van der Waals surface area contributed by atoms with Gasteiger partial charge in [0.1, 0.15) is 0 Å². The van der Waals surface area contributed by atoms with Crippen LogP contribution in [-0.2, 0) is 6.54 Å². The van der Waals surface area contributed by atoms with Crippen LogP contribution in [0.25, 0.3) is 0 Å². The Hall–Kier alpha value is -1.34. The normalized spacial score (nSPS) is 17.2. The largest absolute Gasteiger partial charge is 0.313 e. The van der Waals surface area contributed by atoms with Gasteiger partial charge < -0.3 is 5.32 Å². The van der Waals surface area contributed by atoms with E-state index in [1.807, 2.05) is 13.8 Å². The van der Waals surface area contributed by atoms with Crippen molar-refractivity contribution < 1.29 is 0 Å². The summed E-state index contributed by atoms with van der Waals surface area (Å²) in [5.41, 5.74) is 1.37. The first-order valence-corrected chi connectivity index (χ1v) is 8.03. The van der Waals surface area contributed by atoms with Crippen LogP contribution in [0.2, 0.25) is 0 Å². The third-order valence-corrected chi connectivity index (χ3v) is 3.44. The van der Waals surface area contributed by atoms with Gasteiger partial charge in [-0.2, -0.15) is 0 Å². The Labute approximate surface area is 124 Å². The smallest absolute Gasteiger partial charge is 0.0205 e. The number of allylic oxidation sites excluding steroid dienone is 4. The molecule has 110 valence electrons. The highest BCUT2D eigenvalue weighted by atomic mass is 14.8. The Morgan fingerprint density at radius 1 is 1.10 bits per heavy atom. The Morgan fingerprint density at radius 3 is 2.70 bits per heavy atom. The average Bonchev–Trinajstić information content (AvgIpc) is 2.79. The van der Waals surface area contributed by atoms with E-state index in [4.69, 9.17) is 0 Å². The van der Waals surface area contributed by atoms with Gasteiger partial charge in [-0.3, -0.25) is 0 Å². The zero-order valence-corrected chi connectivity index (χ0v) is 13.0. The Morgan fingerprint density at radius 2 is 1.90 bits per heavy atom. The summed E-state index contributed by atoms with van der Waals surface area (Å²) in [6, 6.07) is 10.6. The van der Waals surface area contributed by atoms with Crippen LogP contribution in [0.15, 0.2) is 54.6 Å². The molecule has 0 spiro atoms. The van der Waals surface area contributed by atoms with E-state index >= 15 is 0 Å². The van der Waals surface area contributed by atoms with Crippen molar-refractivity contribution in [3.8, 4) is 0 Å². The van der Waals surface area contributed by atoms with Gasteiger partial charge in [-0.15, -0.1) is 0 Å². The van der Waals surface area contributed by atoms with Gasteiger partial charge in [-0.05, 0) is 43.7 Å². The lowest BCUT2D eigenvalue weighted by Gasteiger charge is -2.11. The molecule has 0 aromatic heterocycles. The zero-order chi connectivity index (χ0) is 14.5. The molecule has 2 rings (SSSR count). The van der Waals surface area contributed by atoms with Crippen LogP contribution in [0.4, 0.5) is 0 Å². The van der Waals surface area contributed by atoms with E-state index in [9.17, 15) is 0 Å². The molecule has 1 atom stereocenters. The number of nitrogens with one attached hydrogen (secondary N) is 1. The molecule has 1 nitrogen and oxygen atoms in total. The molecule has 1 unspecified atom stereocenters. The molecule has 0 saturated heterocycles. The lowest BCUT2D eigenvalue weighted by atomic mass is 9.98. The standard InChI is InChI=1S/C17H23N.C2H6/c1-2-5-10-16(9-4-1)13-8-14-18-15-17-11-6-3-7-12-17;1-2/h1-4,6-7,9,11-12,16,18H,5,8,10,13-15H2;1-2H3. The maximum Gasteiger partial charge on any atom is 0.0205 e. The molecule has 1 N–H and O–H groups in total. The Balaban J connectivity index is 0.000000956. The fourth-order valence-corrected chi connectivity index (χ4v) is 2.36. The van der Waals surface area contributed by atoms with Gasteiger partial charge in [0.25, 0.3) is 0 Å². The van der Waals surface area contributed by atoms with Crippen LogP contribution in [0, 0.1) is 5.92 Å². The molecule has 0 aliphatic heterocycles. The highest BCUT2D eigenvalue weighted by molar-refractivity contribution is 5.14. The number of hydrogen-bond donors (Lipinski definition) is 1. The first-order valence-electron chi connectivity index (χ1n) is 8.03. The molecule has 0 fully saturated rings. The van der Waals surface area contributed by atoms with Gasteiger partial charge in [0, 0.05) is 6.54 Å². The minimum absolute atomic E-state index is 0.776. The molecule has 0 heterocycles. The fraction of sp³-hybridized carbons (Fsp3) is 0.474. The maximum atomic E-state index is 3.52. The molecular formula is C19H29N. The molecule has 1 aliphatic rings. The van der Waals surface area contributed by atoms with Crippen LogP contribution < -0.4 is 5.32 Å². The lowest BCUT2D eigenvalue weighted by Crippen LogP contribution is -2.15. The van der Waals surface area contributed by atoms with E-state index in [2.05, 4.69) is 60.0 Å². The van der Waals surface area contributed by atoms with E-state index in [-0.39, 0.29) is 0 Å². The second-order valence-electron chi connectivity index (χ2n) is 4.96. The summed E-state index contributed by atoms with van der Waals surface area (Å²) in [6.07, 6.45) is 14.1. The van der Waals surface area contributed by atoms with Crippen molar-refractivity contribution in [1.82, 2.24) is 5.32 Å². The predicted molar refractivity (Wildman–Crippen MR) is 89.7 cm³/mol. The van der Waals surface area contributed by atoms with Crippen molar-refractivity contribution in [2.75, 3.05) is 6.54 Å². The van der Waals surface area contributed by atoms with E-state index in [1.165, 1.54) is 31.2 Å². The minimum Gasteiger partial charge on any atom is -0.313 e. The van der Waals surface area contributed by atoms with Crippen LogP contribution in [-0.4, -0.2) is 6.54 Å². The van der Waals surface area contributed by atoms with Gasteiger partial charge in [0.05, 0.1) is 0 Å². The van der Waals surface area contributed by atoms with Crippen LogP contribution in [0.3, 0.4) is 0 Å². The van der Waals surface area contributed by atoms with E-state index in [0.29, 0.717) is 0 Å². The average molecular weight is 271 g/mol. The third kappa shape index (κ3) is 7.30. The Kier molecular flexibility index (Phi) is 9.60. The predicted octanol–water partition coefficient (Wildman–Crippen LogP) is 5.11. The molecule has 1 aromatic rings. The lowest BCUT2D eigenvalue weighted by molar-refractivity contribution is 0.509. The quantitative estimate of drug-likeness (QED) is 0.709. The molecule has 1 heteroatoms. The molecule has 20 heavy (non-hydrogen) atoms. The molecule has 0 bridgehead atoms. The summed E-state index contributed by atoms with van der Waals surface area (Å²) >= 11 is 0. The van der Waals surface area contributed by atoms with Crippen molar-refractivity contribution in [2.45, 2.75) is 46.1 Å². The highest BCUT2D eigenvalue weighted by Gasteiger charge is 2.04. The van der Waals surface area contributed by atoms with Crippen molar-refractivity contribution >= 4 is 0 Å². The first-order chi connectivity index (χ1) is 9.95. The van der Waals surface area contributed by atoms with E-state index < -0.39 is 0 Å². The van der Waals surface area contributed by atoms with Crippen molar-refractivity contribution in [2.24, 2.45) is 5.92 Å². The summed E-state index contributed by atoms with van der Waals surface area (Å²) < 4.78 is 0. The molecule has 1 aromatic carbocycles. The summed E-state index contributed by atoms with van der Waals surface area (Å²) in [7, 11) is 0. The van der Waals surface area contributed by atoms with E-state index in [0.717, 1.165) is 19.0 Å². The molecule has 1 aliphatic carbocycles. The summed E-state index contributed by atoms with van der Waals surface area (Å²) in [5, 5.41) is 3.52. The SMILES string of the molecule is C1=CCCC(CCCNCc2ccccc2)C=C1.CC. The highest BCUT2D eigenvalue weighted by Crippen LogP contribution is 2.17.